The van der Waals surface area contributed by atoms with Crippen LogP contribution in [0.2, 0.25) is 0 Å². The predicted octanol–water partition coefficient (Wildman–Crippen LogP) is 2.93. The van der Waals surface area contributed by atoms with Crippen LogP contribution < -0.4 is 15.2 Å². The second-order valence-electron chi connectivity index (χ2n) is 6.02. The highest BCUT2D eigenvalue weighted by atomic mass is 32.2. The van der Waals surface area contributed by atoms with E-state index < -0.39 is 22.9 Å². The molecule has 0 aromatic heterocycles. The van der Waals surface area contributed by atoms with Crippen LogP contribution in [0.25, 0.3) is 6.08 Å². The highest BCUT2D eigenvalue weighted by molar-refractivity contribution is 8.18. The van der Waals surface area contributed by atoms with Crippen LogP contribution in [0, 0.1) is 5.82 Å². The molecule has 0 radical (unpaired) electrons. The predicted molar refractivity (Wildman–Crippen MR) is 106 cm³/mol. The molecule has 9 heteroatoms. The van der Waals surface area contributed by atoms with E-state index in [4.69, 9.17) is 15.2 Å². The summed E-state index contributed by atoms with van der Waals surface area (Å²) in [5.41, 5.74) is 5.91. The molecule has 1 saturated heterocycles. The van der Waals surface area contributed by atoms with E-state index in [1.54, 1.807) is 24.3 Å². The van der Waals surface area contributed by atoms with Gasteiger partial charge in [0.2, 0.25) is 0 Å². The SMILES string of the molecule is COc1cc(/C=C2/SC(=O)N(Cc3ccccc3F)C2=O)ccc1OCC(N)=O. The number of nitrogens with zero attached hydrogens (tertiary/aromatic N) is 1. The van der Waals surface area contributed by atoms with E-state index in [0.29, 0.717) is 17.1 Å². The number of hydrogen-bond acceptors (Lipinski definition) is 6. The first-order chi connectivity index (χ1) is 13.9. The Bertz CT molecular complexity index is 1010. The van der Waals surface area contributed by atoms with E-state index in [2.05, 4.69) is 0 Å². The Morgan fingerprint density at radius 3 is 2.66 bits per heavy atom. The number of primary amides is 1. The lowest BCUT2D eigenvalue weighted by Crippen LogP contribution is -2.27. The summed E-state index contributed by atoms with van der Waals surface area (Å²) in [7, 11) is 1.43. The van der Waals surface area contributed by atoms with Gasteiger partial charge in [-0.15, -0.1) is 0 Å². The fraction of sp³-hybridized carbons (Fsp3) is 0.150. The molecule has 1 aliphatic heterocycles. The molecular weight excluding hydrogens is 399 g/mol. The minimum Gasteiger partial charge on any atom is -0.493 e. The summed E-state index contributed by atoms with van der Waals surface area (Å²) >= 11 is 0.776. The zero-order chi connectivity index (χ0) is 21.0. The normalized spacial score (nSPS) is 15.1. The minimum absolute atomic E-state index is 0.141. The number of imide groups is 1. The van der Waals surface area contributed by atoms with E-state index in [0.717, 1.165) is 16.7 Å². The number of benzene rings is 2. The highest BCUT2D eigenvalue weighted by Crippen LogP contribution is 2.35. The Kier molecular flexibility index (Phi) is 6.18. The monoisotopic (exact) mass is 416 g/mol. The van der Waals surface area contributed by atoms with Crippen molar-refractivity contribution in [2.45, 2.75) is 6.54 Å². The zero-order valence-corrected chi connectivity index (χ0v) is 16.2. The van der Waals surface area contributed by atoms with Gasteiger partial charge < -0.3 is 15.2 Å². The third kappa shape index (κ3) is 4.75. The molecule has 1 aliphatic rings. The van der Waals surface area contributed by atoms with Crippen LogP contribution in [0.1, 0.15) is 11.1 Å². The number of carbonyl (C=O) groups excluding carboxylic acids is 3. The average Bonchev–Trinajstić information content (AvgIpc) is 2.95. The van der Waals surface area contributed by atoms with Crippen molar-refractivity contribution in [2.75, 3.05) is 13.7 Å². The minimum atomic E-state index is -0.625. The maximum Gasteiger partial charge on any atom is 0.293 e. The number of ether oxygens (including phenoxy) is 2. The van der Waals surface area contributed by atoms with Crippen LogP contribution in [0.15, 0.2) is 47.4 Å². The summed E-state index contributed by atoms with van der Waals surface area (Å²) in [5.74, 6) is -0.954. The second-order valence-corrected chi connectivity index (χ2v) is 7.02. The number of amides is 3. The largest absolute Gasteiger partial charge is 0.493 e. The van der Waals surface area contributed by atoms with Crippen molar-refractivity contribution in [3.63, 3.8) is 0 Å². The van der Waals surface area contributed by atoms with Gasteiger partial charge in [-0.25, -0.2) is 4.39 Å². The fourth-order valence-corrected chi connectivity index (χ4v) is 3.47. The van der Waals surface area contributed by atoms with Crippen LogP contribution in [0.4, 0.5) is 9.18 Å². The number of carbonyl (C=O) groups is 3. The van der Waals surface area contributed by atoms with Crippen LogP contribution in [0.5, 0.6) is 11.5 Å². The van der Waals surface area contributed by atoms with Gasteiger partial charge in [-0.3, -0.25) is 19.3 Å². The lowest BCUT2D eigenvalue weighted by atomic mass is 10.1. The maximum atomic E-state index is 13.8. The standard InChI is InChI=1S/C20H17FN2O5S/c1-27-16-8-12(6-7-15(16)28-11-18(22)24)9-17-19(25)23(20(26)29-17)10-13-4-2-3-5-14(13)21/h2-9H,10-11H2,1H3,(H2,22,24)/b17-9+. The number of methoxy groups -OCH3 is 1. The molecule has 7 nitrogen and oxygen atoms in total. The molecular formula is C20H17FN2O5S. The van der Waals surface area contributed by atoms with Crippen molar-refractivity contribution in [1.82, 2.24) is 4.90 Å². The summed E-state index contributed by atoms with van der Waals surface area (Å²) in [6, 6.07) is 10.8. The molecule has 0 atom stereocenters. The Balaban J connectivity index is 1.80. The quantitative estimate of drug-likeness (QED) is 0.697. The molecule has 150 valence electrons. The number of nitrogens with two attached hydrogens (primary N) is 1. The van der Waals surface area contributed by atoms with E-state index >= 15 is 0 Å². The van der Waals surface area contributed by atoms with E-state index in [1.165, 1.54) is 31.4 Å². The van der Waals surface area contributed by atoms with Crippen molar-refractivity contribution >= 4 is 34.9 Å². The smallest absolute Gasteiger partial charge is 0.293 e. The van der Waals surface area contributed by atoms with Crippen LogP contribution in [0.3, 0.4) is 0 Å². The van der Waals surface area contributed by atoms with E-state index in [-0.39, 0.29) is 23.6 Å². The molecule has 0 spiro atoms. The molecule has 0 saturated carbocycles. The van der Waals surface area contributed by atoms with Gasteiger partial charge in [0.05, 0.1) is 18.6 Å². The van der Waals surface area contributed by atoms with E-state index in [1.807, 2.05) is 0 Å². The number of hydrogen-bond donors (Lipinski definition) is 1. The fourth-order valence-electron chi connectivity index (χ4n) is 2.63. The molecule has 2 aromatic carbocycles. The van der Waals surface area contributed by atoms with Gasteiger partial charge in [0.15, 0.2) is 18.1 Å². The third-order valence-corrected chi connectivity index (χ3v) is 4.92. The summed E-state index contributed by atoms with van der Waals surface area (Å²) in [4.78, 5) is 36.9. The van der Waals surface area contributed by atoms with Crippen molar-refractivity contribution in [3.05, 3.63) is 64.3 Å². The Labute approximate surface area is 170 Å². The van der Waals surface area contributed by atoms with Crippen LogP contribution in [-0.4, -0.2) is 35.7 Å². The Hall–Kier alpha value is -3.33. The van der Waals surface area contributed by atoms with Crippen molar-refractivity contribution < 1.29 is 28.2 Å². The van der Waals surface area contributed by atoms with Crippen molar-refractivity contribution in [2.24, 2.45) is 5.73 Å². The van der Waals surface area contributed by atoms with Gasteiger partial charge in [-0.05, 0) is 41.6 Å². The van der Waals surface area contributed by atoms with E-state index in [9.17, 15) is 18.8 Å². The molecule has 2 N–H and O–H groups in total. The summed E-state index contributed by atoms with van der Waals surface area (Å²) in [6.45, 7) is -0.442. The Morgan fingerprint density at radius 1 is 1.21 bits per heavy atom. The molecule has 1 fully saturated rings. The van der Waals surface area contributed by atoms with Gasteiger partial charge in [0.25, 0.3) is 17.1 Å². The zero-order valence-electron chi connectivity index (χ0n) is 15.4. The lowest BCUT2D eigenvalue weighted by Gasteiger charge is -2.13. The molecule has 3 rings (SSSR count). The van der Waals surface area contributed by atoms with Crippen molar-refractivity contribution in [1.29, 1.82) is 0 Å². The lowest BCUT2D eigenvalue weighted by molar-refractivity contribution is -0.123. The first-order valence-corrected chi connectivity index (χ1v) is 9.28. The van der Waals surface area contributed by atoms with Gasteiger partial charge in [-0.1, -0.05) is 24.3 Å². The molecule has 0 unspecified atom stereocenters. The molecule has 0 aliphatic carbocycles. The number of thioether (sulfide) groups is 1. The summed E-state index contributed by atoms with van der Waals surface area (Å²) < 4.78 is 24.3. The van der Waals surface area contributed by atoms with Crippen molar-refractivity contribution in [3.8, 4) is 11.5 Å². The summed E-state index contributed by atoms with van der Waals surface area (Å²) in [5, 5.41) is -0.474. The first kappa shape index (κ1) is 20.4. The molecule has 0 bridgehead atoms. The first-order valence-electron chi connectivity index (χ1n) is 8.47. The van der Waals surface area contributed by atoms with Gasteiger partial charge >= 0.3 is 0 Å². The van der Waals surface area contributed by atoms with Crippen LogP contribution in [-0.2, 0) is 16.1 Å². The van der Waals surface area contributed by atoms with Gasteiger partial charge in [0, 0.05) is 5.56 Å². The molecule has 3 amide bonds. The molecule has 2 aromatic rings. The topological polar surface area (TPSA) is 98.9 Å². The average molecular weight is 416 g/mol. The maximum absolute atomic E-state index is 13.8. The van der Waals surface area contributed by atoms with Gasteiger partial charge in [0.1, 0.15) is 5.82 Å². The second kappa shape index (κ2) is 8.78. The third-order valence-electron chi connectivity index (χ3n) is 4.02. The Morgan fingerprint density at radius 2 is 1.97 bits per heavy atom. The molecule has 1 heterocycles. The molecule has 29 heavy (non-hydrogen) atoms. The van der Waals surface area contributed by atoms with Gasteiger partial charge in [-0.2, -0.15) is 0 Å². The van der Waals surface area contributed by atoms with Crippen LogP contribution >= 0.6 is 11.8 Å². The highest BCUT2D eigenvalue weighted by Gasteiger charge is 2.35. The number of halogens is 1. The number of rotatable bonds is 7. The summed E-state index contributed by atoms with van der Waals surface area (Å²) in [6.07, 6.45) is 1.53.